The summed E-state index contributed by atoms with van der Waals surface area (Å²) < 4.78 is 1.44. The summed E-state index contributed by atoms with van der Waals surface area (Å²) in [5.74, 6) is 7.18. The summed E-state index contributed by atoms with van der Waals surface area (Å²) in [6, 6.07) is 17.3. The van der Waals surface area contributed by atoms with Crippen molar-refractivity contribution in [1.82, 2.24) is 9.97 Å². The molecular formula is C21H24GeN2. The molecule has 0 bridgehead atoms. The third-order valence-electron chi connectivity index (χ3n) is 4.22. The van der Waals surface area contributed by atoms with Gasteiger partial charge in [0.25, 0.3) is 0 Å². The van der Waals surface area contributed by atoms with E-state index in [1.54, 1.807) is 0 Å². The van der Waals surface area contributed by atoms with Crippen LogP contribution in [0.5, 0.6) is 0 Å². The Morgan fingerprint density at radius 2 is 1.29 bits per heavy atom. The predicted octanol–water partition coefficient (Wildman–Crippen LogP) is 4.97. The molecule has 3 aromatic rings. The van der Waals surface area contributed by atoms with E-state index in [9.17, 15) is 0 Å². The SMILES string of the molecule is Cc1cc(-c2ccc(-c3cc[c]([Ge]([CH3])([CH3])[CH3])cn3)cc2)cc(C)n1. The molecule has 0 atom stereocenters. The summed E-state index contributed by atoms with van der Waals surface area (Å²) in [6.07, 6.45) is 2.07. The van der Waals surface area contributed by atoms with Crippen LogP contribution in [0.15, 0.2) is 54.7 Å². The van der Waals surface area contributed by atoms with Gasteiger partial charge in [-0.2, -0.15) is 0 Å². The quantitative estimate of drug-likeness (QED) is 0.603. The van der Waals surface area contributed by atoms with Crippen LogP contribution >= 0.6 is 0 Å². The zero-order valence-electron chi connectivity index (χ0n) is 15.1. The Kier molecular flexibility index (Phi) is 4.59. The van der Waals surface area contributed by atoms with E-state index in [2.05, 4.69) is 82.0 Å². The standard InChI is InChI=1S/C21H24GeN2/c1-15-12-19(13-16(2)24-15)17-6-8-18(9-7-17)21-11-10-20(14-23-21)22(3,4)5/h6-14H,1-5H3. The first-order valence-electron chi connectivity index (χ1n) is 8.35. The number of hydrogen-bond donors (Lipinski definition) is 0. The molecule has 0 saturated heterocycles. The van der Waals surface area contributed by atoms with Crippen LogP contribution in [0.25, 0.3) is 22.4 Å². The van der Waals surface area contributed by atoms with Crippen molar-refractivity contribution >= 4 is 17.7 Å². The molecular weight excluding hydrogens is 353 g/mol. The molecule has 2 nitrogen and oxygen atoms in total. The average molecular weight is 377 g/mol. The molecule has 0 radical (unpaired) electrons. The Hall–Kier alpha value is -1.94. The normalized spacial score (nSPS) is 11.5. The van der Waals surface area contributed by atoms with Crippen LogP contribution < -0.4 is 4.40 Å². The average Bonchev–Trinajstić information content (AvgIpc) is 2.53. The number of pyridine rings is 2. The summed E-state index contributed by atoms with van der Waals surface area (Å²) in [4.78, 5) is 9.13. The minimum absolute atomic E-state index is 1.04. The van der Waals surface area contributed by atoms with Crippen LogP contribution in [0.2, 0.25) is 17.3 Å². The number of nitrogens with zero attached hydrogens (tertiary/aromatic N) is 2. The van der Waals surface area contributed by atoms with E-state index in [1.165, 1.54) is 15.5 Å². The van der Waals surface area contributed by atoms with Crippen molar-refractivity contribution in [3.8, 4) is 22.4 Å². The van der Waals surface area contributed by atoms with Gasteiger partial charge in [-0.1, -0.05) is 0 Å². The molecule has 0 aliphatic rings. The van der Waals surface area contributed by atoms with Gasteiger partial charge in [-0.25, -0.2) is 0 Å². The molecule has 0 saturated carbocycles. The fourth-order valence-electron chi connectivity index (χ4n) is 2.84. The molecule has 0 N–H and O–H groups in total. The van der Waals surface area contributed by atoms with Crippen LogP contribution in [0.3, 0.4) is 0 Å². The summed E-state index contributed by atoms with van der Waals surface area (Å²) in [5.41, 5.74) is 6.75. The van der Waals surface area contributed by atoms with Crippen molar-refractivity contribution in [2.24, 2.45) is 0 Å². The number of hydrogen-bond acceptors (Lipinski definition) is 2. The molecule has 0 spiro atoms. The van der Waals surface area contributed by atoms with Crippen molar-refractivity contribution < 1.29 is 0 Å². The van der Waals surface area contributed by atoms with Gasteiger partial charge in [-0.3, -0.25) is 0 Å². The second-order valence-corrected chi connectivity index (χ2v) is 18.1. The summed E-state index contributed by atoms with van der Waals surface area (Å²) >= 11 is -1.79. The van der Waals surface area contributed by atoms with Gasteiger partial charge in [-0.05, 0) is 0 Å². The van der Waals surface area contributed by atoms with E-state index in [0.717, 1.165) is 22.6 Å². The summed E-state index contributed by atoms with van der Waals surface area (Å²) in [6.45, 7) is 4.08. The molecule has 0 fully saturated rings. The maximum absolute atomic E-state index is 4.68. The van der Waals surface area contributed by atoms with Crippen LogP contribution in [0.1, 0.15) is 11.4 Å². The van der Waals surface area contributed by atoms with Crippen LogP contribution in [0.4, 0.5) is 0 Å². The van der Waals surface area contributed by atoms with Gasteiger partial charge < -0.3 is 0 Å². The Morgan fingerprint density at radius 3 is 1.79 bits per heavy atom. The summed E-state index contributed by atoms with van der Waals surface area (Å²) in [7, 11) is 0. The van der Waals surface area contributed by atoms with E-state index in [4.69, 9.17) is 0 Å². The van der Waals surface area contributed by atoms with Crippen LogP contribution in [0, 0.1) is 13.8 Å². The number of aromatic nitrogens is 2. The van der Waals surface area contributed by atoms with Gasteiger partial charge in [-0.15, -0.1) is 0 Å². The van der Waals surface area contributed by atoms with Crippen molar-refractivity contribution in [3.05, 3.63) is 66.1 Å². The molecule has 24 heavy (non-hydrogen) atoms. The van der Waals surface area contributed by atoms with Gasteiger partial charge >= 0.3 is 147 Å². The third kappa shape index (κ3) is 3.76. The zero-order valence-corrected chi connectivity index (χ0v) is 17.2. The van der Waals surface area contributed by atoms with Crippen LogP contribution in [-0.4, -0.2) is 23.2 Å². The molecule has 122 valence electrons. The van der Waals surface area contributed by atoms with E-state index in [1.807, 2.05) is 13.8 Å². The molecule has 3 rings (SSSR count). The van der Waals surface area contributed by atoms with Gasteiger partial charge in [0.05, 0.1) is 0 Å². The summed E-state index contributed by atoms with van der Waals surface area (Å²) in [5, 5.41) is 0. The topological polar surface area (TPSA) is 25.8 Å². The van der Waals surface area contributed by atoms with E-state index < -0.39 is 13.3 Å². The van der Waals surface area contributed by atoms with E-state index in [-0.39, 0.29) is 0 Å². The Morgan fingerprint density at radius 1 is 0.708 bits per heavy atom. The number of rotatable bonds is 3. The van der Waals surface area contributed by atoms with Gasteiger partial charge in [0.15, 0.2) is 0 Å². The molecule has 0 amide bonds. The van der Waals surface area contributed by atoms with Gasteiger partial charge in [0.1, 0.15) is 0 Å². The van der Waals surface area contributed by atoms with E-state index in [0.29, 0.717) is 0 Å². The van der Waals surface area contributed by atoms with Crippen molar-refractivity contribution in [3.63, 3.8) is 0 Å². The molecule has 1 aromatic carbocycles. The predicted molar refractivity (Wildman–Crippen MR) is 105 cm³/mol. The molecule has 0 unspecified atom stereocenters. The maximum atomic E-state index is 4.68. The fraction of sp³-hybridized carbons (Fsp3) is 0.238. The molecule has 0 aliphatic heterocycles. The van der Waals surface area contributed by atoms with E-state index >= 15 is 0 Å². The van der Waals surface area contributed by atoms with Gasteiger partial charge in [0.2, 0.25) is 0 Å². The molecule has 3 heteroatoms. The Bertz CT molecular complexity index is 824. The van der Waals surface area contributed by atoms with Crippen molar-refractivity contribution in [1.29, 1.82) is 0 Å². The van der Waals surface area contributed by atoms with Crippen molar-refractivity contribution in [2.45, 2.75) is 31.1 Å². The molecule has 2 aromatic heterocycles. The first-order valence-corrected chi connectivity index (χ1v) is 15.7. The third-order valence-corrected chi connectivity index (χ3v) is 8.48. The minimum atomic E-state index is -1.79. The number of benzene rings is 1. The first kappa shape index (κ1) is 16.9. The molecule has 2 heterocycles. The van der Waals surface area contributed by atoms with Crippen molar-refractivity contribution in [2.75, 3.05) is 0 Å². The first-order chi connectivity index (χ1) is 11.3. The second-order valence-electron chi connectivity index (χ2n) is 7.40. The second kappa shape index (κ2) is 6.52. The Labute approximate surface area is 147 Å². The molecule has 0 aliphatic carbocycles. The fourth-order valence-corrected chi connectivity index (χ4v) is 5.01. The zero-order chi connectivity index (χ0) is 17.3. The Balaban J connectivity index is 1.89. The number of aryl methyl sites for hydroxylation is 2. The monoisotopic (exact) mass is 378 g/mol. The van der Waals surface area contributed by atoms with Gasteiger partial charge in [0, 0.05) is 0 Å². The van der Waals surface area contributed by atoms with Crippen LogP contribution in [-0.2, 0) is 0 Å².